The average Bonchev–Trinajstić information content (AvgIpc) is 2.98. The smallest absolute Gasteiger partial charge is 0.254 e. The molecular formula is C15H19F2NO3. The standard InChI is InChI=1S/C15H19F2NO3/c16-13-6-1-5-12(14(13)17)15(19)18-7-3-8-20-10-11-4-2-9-21-11/h1,5-6,11H,2-4,7-10H2,(H,18,19). The summed E-state index contributed by atoms with van der Waals surface area (Å²) in [4.78, 5) is 11.7. The maximum atomic E-state index is 13.4. The summed E-state index contributed by atoms with van der Waals surface area (Å²) in [5.74, 6) is -2.77. The van der Waals surface area contributed by atoms with E-state index < -0.39 is 17.5 Å². The van der Waals surface area contributed by atoms with E-state index in [4.69, 9.17) is 9.47 Å². The highest BCUT2D eigenvalue weighted by Crippen LogP contribution is 2.12. The van der Waals surface area contributed by atoms with Crippen LogP contribution in [0.1, 0.15) is 29.6 Å². The zero-order valence-corrected chi connectivity index (χ0v) is 11.7. The summed E-state index contributed by atoms with van der Waals surface area (Å²) in [5, 5.41) is 2.54. The van der Waals surface area contributed by atoms with Crippen LogP contribution >= 0.6 is 0 Å². The monoisotopic (exact) mass is 299 g/mol. The SMILES string of the molecule is O=C(NCCCOCC1CCCO1)c1cccc(F)c1F. The predicted molar refractivity (Wildman–Crippen MR) is 73.1 cm³/mol. The fourth-order valence-electron chi connectivity index (χ4n) is 2.14. The van der Waals surface area contributed by atoms with Crippen LogP contribution in [-0.4, -0.2) is 38.4 Å². The number of carbonyl (C=O) groups is 1. The van der Waals surface area contributed by atoms with Gasteiger partial charge >= 0.3 is 0 Å². The van der Waals surface area contributed by atoms with Crippen molar-refractivity contribution in [3.05, 3.63) is 35.4 Å². The highest BCUT2D eigenvalue weighted by molar-refractivity contribution is 5.94. The Balaban J connectivity index is 1.61. The molecule has 0 aliphatic carbocycles. The third-order valence-electron chi connectivity index (χ3n) is 3.27. The van der Waals surface area contributed by atoms with E-state index in [1.165, 1.54) is 12.1 Å². The van der Waals surface area contributed by atoms with Gasteiger partial charge in [-0.3, -0.25) is 4.79 Å². The van der Waals surface area contributed by atoms with Gasteiger partial charge in [0.1, 0.15) is 0 Å². The van der Waals surface area contributed by atoms with Gasteiger partial charge in [0.25, 0.3) is 5.91 Å². The highest BCUT2D eigenvalue weighted by Gasteiger charge is 2.16. The average molecular weight is 299 g/mol. The van der Waals surface area contributed by atoms with E-state index in [1.54, 1.807) is 0 Å². The Morgan fingerprint density at radius 1 is 1.43 bits per heavy atom. The number of carbonyl (C=O) groups excluding carboxylic acids is 1. The predicted octanol–water partition coefficient (Wildman–Crippen LogP) is 2.28. The molecule has 1 aromatic carbocycles. The molecule has 116 valence electrons. The second-order valence-corrected chi connectivity index (χ2v) is 4.92. The minimum Gasteiger partial charge on any atom is -0.379 e. The second kappa shape index (κ2) is 8.05. The van der Waals surface area contributed by atoms with Gasteiger partial charge in [-0.25, -0.2) is 8.78 Å². The summed E-state index contributed by atoms with van der Waals surface area (Å²) in [6.07, 6.45) is 2.88. The van der Waals surface area contributed by atoms with Crippen LogP contribution in [0.25, 0.3) is 0 Å². The minimum atomic E-state index is -1.12. The summed E-state index contributed by atoms with van der Waals surface area (Å²) in [5.41, 5.74) is -0.282. The van der Waals surface area contributed by atoms with Crippen molar-refractivity contribution in [2.24, 2.45) is 0 Å². The zero-order valence-electron chi connectivity index (χ0n) is 11.7. The van der Waals surface area contributed by atoms with E-state index in [-0.39, 0.29) is 11.7 Å². The summed E-state index contributed by atoms with van der Waals surface area (Å²) in [6, 6.07) is 3.53. The third-order valence-corrected chi connectivity index (χ3v) is 3.27. The molecule has 1 atom stereocenters. The Hall–Kier alpha value is -1.53. The normalized spacial score (nSPS) is 17.9. The van der Waals surface area contributed by atoms with Gasteiger partial charge in [0.15, 0.2) is 11.6 Å². The summed E-state index contributed by atoms with van der Waals surface area (Å²) in [6.45, 7) is 2.20. The van der Waals surface area contributed by atoms with E-state index >= 15 is 0 Å². The number of halogens is 2. The van der Waals surface area contributed by atoms with Crippen molar-refractivity contribution in [3.8, 4) is 0 Å². The van der Waals surface area contributed by atoms with Gasteiger partial charge in [0, 0.05) is 19.8 Å². The van der Waals surface area contributed by atoms with Crippen LogP contribution in [0.3, 0.4) is 0 Å². The van der Waals surface area contributed by atoms with E-state index in [1.807, 2.05) is 0 Å². The fraction of sp³-hybridized carbons (Fsp3) is 0.533. The first-order chi connectivity index (χ1) is 10.2. The molecule has 0 saturated carbocycles. The van der Waals surface area contributed by atoms with E-state index in [9.17, 15) is 13.6 Å². The number of nitrogens with one attached hydrogen (secondary N) is 1. The first-order valence-corrected chi connectivity index (χ1v) is 7.10. The second-order valence-electron chi connectivity index (χ2n) is 4.92. The van der Waals surface area contributed by atoms with Gasteiger partial charge in [-0.05, 0) is 31.4 Å². The molecule has 1 fully saturated rings. The Labute approximate surface area is 122 Å². The van der Waals surface area contributed by atoms with Crippen LogP contribution in [0.4, 0.5) is 8.78 Å². The van der Waals surface area contributed by atoms with Crippen molar-refractivity contribution in [3.63, 3.8) is 0 Å². The van der Waals surface area contributed by atoms with Gasteiger partial charge in [0.2, 0.25) is 0 Å². The molecule has 2 rings (SSSR count). The topological polar surface area (TPSA) is 47.6 Å². The molecule has 1 aliphatic heterocycles. The van der Waals surface area contributed by atoms with Crippen LogP contribution < -0.4 is 5.32 Å². The molecular weight excluding hydrogens is 280 g/mol. The van der Waals surface area contributed by atoms with Crippen LogP contribution in [0.2, 0.25) is 0 Å². The maximum Gasteiger partial charge on any atom is 0.254 e. The van der Waals surface area contributed by atoms with Crippen LogP contribution in [0, 0.1) is 11.6 Å². The zero-order chi connectivity index (χ0) is 15.1. The first kappa shape index (κ1) is 15.9. The fourth-order valence-corrected chi connectivity index (χ4v) is 2.14. The van der Waals surface area contributed by atoms with Crippen molar-refractivity contribution < 1.29 is 23.0 Å². The quantitative estimate of drug-likeness (QED) is 0.786. The summed E-state index contributed by atoms with van der Waals surface area (Å²) >= 11 is 0. The largest absolute Gasteiger partial charge is 0.379 e. The Kier molecular flexibility index (Phi) is 6.07. The molecule has 21 heavy (non-hydrogen) atoms. The molecule has 4 nitrogen and oxygen atoms in total. The van der Waals surface area contributed by atoms with E-state index in [2.05, 4.69) is 5.32 Å². The molecule has 1 aliphatic rings. The molecule has 0 bridgehead atoms. The molecule has 0 spiro atoms. The van der Waals surface area contributed by atoms with E-state index in [0.717, 1.165) is 25.5 Å². The molecule has 1 unspecified atom stereocenters. The lowest BCUT2D eigenvalue weighted by Gasteiger charge is -2.10. The van der Waals surface area contributed by atoms with Gasteiger partial charge in [-0.15, -0.1) is 0 Å². The molecule has 1 amide bonds. The van der Waals surface area contributed by atoms with Gasteiger partial charge < -0.3 is 14.8 Å². The molecule has 0 aromatic heterocycles. The lowest BCUT2D eigenvalue weighted by molar-refractivity contribution is 0.0166. The number of hydrogen-bond acceptors (Lipinski definition) is 3. The Morgan fingerprint density at radius 2 is 2.29 bits per heavy atom. The third kappa shape index (κ3) is 4.75. The van der Waals surface area contributed by atoms with Crippen molar-refractivity contribution in [1.82, 2.24) is 5.32 Å². The number of rotatable bonds is 7. The van der Waals surface area contributed by atoms with Gasteiger partial charge in [0.05, 0.1) is 18.3 Å². The molecule has 1 N–H and O–H groups in total. The minimum absolute atomic E-state index is 0.181. The lowest BCUT2D eigenvalue weighted by Crippen LogP contribution is -2.26. The first-order valence-electron chi connectivity index (χ1n) is 7.10. The Morgan fingerprint density at radius 3 is 3.05 bits per heavy atom. The molecule has 0 radical (unpaired) electrons. The van der Waals surface area contributed by atoms with Crippen molar-refractivity contribution in [2.45, 2.75) is 25.4 Å². The summed E-state index contributed by atoms with van der Waals surface area (Å²) < 4.78 is 37.2. The van der Waals surface area contributed by atoms with Crippen molar-refractivity contribution in [1.29, 1.82) is 0 Å². The van der Waals surface area contributed by atoms with Gasteiger partial charge in [-0.2, -0.15) is 0 Å². The molecule has 1 aromatic rings. The molecule has 6 heteroatoms. The Bertz CT molecular complexity index is 476. The molecule has 1 saturated heterocycles. The molecule has 1 heterocycles. The highest BCUT2D eigenvalue weighted by atomic mass is 19.2. The lowest BCUT2D eigenvalue weighted by atomic mass is 10.2. The van der Waals surface area contributed by atoms with E-state index in [0.29, 0.717) is 26.2 Å². The van der Waals surface area contributed by atoms with Crippen molar-refractivity contribution >= 4 is 5.91 Å². The van der Waals surface area contributed by atoms with Crippen molar-refractivity contribution in [2.75, 3.05) is 26.4 Å². The van der Waals surface area contributed by atoms with Gasteiger partial charge in [-0.1, -0.05) is 6.07 Å². The summed E-state index contributed by atoms with van der Waals surface area (Å²) in [7, 11) is 0. The number of benzene rings is 1. The van der Waals surface area contributed by atoms with Crippen LogP contribution in [-0.2, 0) is 9.47 Å². The number of ether oxygens (including phenoxy) is 2. The van der Waals surface area contributed by atoms with Crippen LogP contribution in [0.15, 0.2) is 18.2 Å². The number of amides is 1. The number of hydrogen-bond donors (Lipinski definition) is 1. The maximum absolute atomic E-state index is 13.4. The van der Waals surface area contributed by atoms with Crippen LogP contribution in [0.5, 0.6) is 0 Å².